The molecule has 59 heavy (non-hydrogen) atoms. The van der Waals surface area contributed by atoms with Gasteiger partial charge in [0, 0.05) is 55.3 Å². The summed E-state index contributed by atoms with van der Waals surface area (Å²) in [6.45, 7) is 0.384. The monoisotopic (exact) mass is 821 g/mol. The second-order valence-electron chi connectivity index (χ2n) is 12.0. The number of carbonyl (C=O) groups excluding carboxylic acids is 1. The van der Waals surface area contributed by atoms with Crippen LogP contribution in [0.25, 0.3) is 33.7 Å². The molecule has 0 saturated heterocycles. The van der Waals surface area contributed by atoms with Crippen LogP contribution in [0.3, 0.4) is 0 Å². The first-order valence-corrected chi connectivity index (χ1v) is 17.3. The SMILES string of the molecule is O=C1Cc2nc(-c3ccc(OC(F)(F)F)cc3)ccc2O1.O=c1oc2ccc(-c3ccc(OC(F)(F)F)cc3)nc2n1CCc1ncccn1.OCCc1ncccn1. The number of halogens is 6. The number of hydrogen-bond acceptors (Lipinski definition) is 13. The number of oxazole rings is 1. The van der Waals surface area contributed by atoms with Crippen molar-refractivity contribution >= 4 is 17.2 Å². The number of esters is 1. The average Bonchev–Trinajstić information content (AvgIpc) is 3.74. The zero-order valence-electron chi connectivity index (χ0n) is 30.2. The highest BCUT2D eigenvalue weighted by atomic mass is 19.4. The van der Waals surface area contributed by atoms with E-state index in [2.05, 4.69) is 39.4 Å². The number of rotatable bonds is 9. The Kier molecular flexibility index (Phi) is 12.9. The van der Waals surface area contributed by atoms with Crippen LogP contribution in [-0.4, -0.2) is 64.9 Å². The Labute approximate surface area is 328 Å². The Balaban J connectivity index is 0.000000169. The van der Waals surface area contributed by atoms with Crippen molar-refractivity contribution in [2.75, 3.05) is 6.61 Å². The van der Waals surface area contributed by atoms with Gasteiger partial charge in [-0.05, 0) is 84.9 Å². The predicted molar refractivity (Wildman–Crippen MR) is 195 cm³/mol. The minimum absolute atomic E-state index is 0.0957. The van der Waals surface area contributed by atoms with E-state index >= 15 is 0 Å². The Bertz CT molecular complexity index is 2540. The van der Waals surface area contributed by atoms with E-state index in [-0.39, 0.29) is 37.0 Å². The van der Waals surface area contributed by atoms with E-state index in [0.717, 1.165) is 0 Å². The Morgan fingerprint density at radius 2 is 1.17 bits per heavy atom. The fraction of sp³-hybridized carbons (Fsp3) is 0.179. The highest BCUT2D eigenvalue weighted by molar-refractivity contribution is 5.80. The van der Waals surface area contributed by atoms with E-state index in [4.69, 9.17) is 14.3 Å². The Morgan fingerprint density at radius 3 is 1.69 bits per heavy atom. The molecule has 1 aliphatic rings. The van der Waals surface area contributed by atoms with Crippen molar-refractivity contribution in [2.24, 2.45) is 0 Å². The quantitative estimate of drug-likeness (QED) is 0.120. The topological polar surface area (TPSA) is 177 Å². The van der Waals surface area contributed by atoms with E-state index in [9.17, 15) is 35.9 Å². The lowest BCUT2D eigenvalue weighted by Crippen LogP contribution is -2.17. The van der Waals surface area contributed by atoms with Gasteiger partial charge in [-0.3, -0.25) is 9.36 Å². The maximum absolute atomic E-state index is 12.3. The second kappa shape index (κ2) is 18.4. The number of aliphatic hydroxyl groups excluding tert-OH is 1. The van der Waals surface area contributed by atoms with Crippen LogP contribution in [0.4, 0.5) is 26.3 Å². The molecule has 0 unspecified atom stereocenters. The van der Waals surface area contributed by atoms with Crippen molar-refractivity contribution in [3.63, 3.8) is 0 Å². The molecule has 0 atom stereocenters. The minimum atomic E-state index is -4.76. The fourth-order valence-electron chi connectivity index (χ4n) is 5.35. The molecule has 0 spiro atoms. The summed E-state index contributed by atoms with van der Waals surface area (Å²) in [7, 11) is 0. The third-order valence-corrected chi connectivity index (χ3v) is 7.88. The van der Waals surface area contributed by atoms with Gasteiger partial charge in [0.1, 0.15) is 23.1 Å². The van der Waals surface area contributed by atoms with Crippen LogP contribution >= 0.6 is 0 Å². The molecule has 14 nitrogen and oxygen atoms in total. The molecular weight excluding hydrogens is 792 g/mol. The number of pyridine rings is 2. The standard InChI is InChI=1S/C19H13F3N4O3.C14H8F3NO3.C6H8N2O/c20-19(21,22)29-13-4-2-12(3-5-13)14-6-7-15-17(25-14)26(18(27)28-15)11-8-16-23-9-1-10-24-16;15-14(16,17)21-9-3-1-8(2-4-9)10-5-6-12-11(18-10)7-13(19)20-12;9-5-2-6-7-3-1-4-8-6/h1-7,9-10H,8,11H2;1-6H,7H2;1,3-4,9H,2,5H2. The first-order chi connectivity index (χ1) is 28.2. The number of ether oxygens (including phenoxy) is 3. The smallest absolute Gasteiger partial charge is 0.424 e. The molecule has 304 valence electrons. The number of aliphatic hydroxyl groups is 1. The van der Waals surface area contributed by atoms with Crippen molar-refractivity contribution in [2.45, 2.75) is 38.5 Å². The number of fused-ring (bicyclic) bond motifs is 2. The lowest BCUT2D eigenvalue weighted by atomic mass is 10.1. The summed E-state index contributed by atoms with van der Waals surface area (Å²) in [5, 5.41) is 8.44. The van der Waals surface area contributed by atoms with Gasteiger partial charge in [0.05, 0.1) is 30.1 Å². The van der Waals surface area contributed by atoms with Gasteiger partial charge in [-0.15, -0.1) is 26.3 Å². The molecule has 0 aliphatic carbocycles. The van der Waals surface area contributed by atoms with E-state index in [1.165, 1.54) is 53.1 Å². The summed E-state index contributed by atoms with van der Waals surface area (Å²) in [6, 6.07) is 20.6. The summed E-state index contributed by atoms with van der Waals surface area (Å²) in [5.74, 6) is 0.125. The van der Waals surface area contributed by atoms with Gasteiger partial charge in [-0.2, -0.15) is 0 Å². The zero-order valence-corrected chi connectivity index (χ0v) is 30.2. The van der Waals surface area contributed by atoms with Crippen LogP contribution in [0.5, 0.6) is 17.2 Å². The predicted octanol–water partition coefficient (Wildman–Crippen LogP) is 6.71. The van der Waals surface area contributed by atoms with Crippen molar-refractivity contribution in [3.8, 4) is 39.8 Å². The van der Waals surface area contributed by atoms with Gasteiger partial charge in [0.2, 0.25) is 0 Å². The lowest BCUT2D eigenvalue weighted by molar-refractivity contribution is -0.275. The zero-order chi connectivity index (χ0) is 42.0. The molecule has 0 amide bonds. The van der Waals surface area contributed by atoms with Crippen molar-refractivity contribution in [1.82, 2.24) is 34.5 Å². The molecule has 20 heteroatoms. The minimum Gasteiger partial charge on any atom is -0.424 e. The third-order valence-electron chi connectivity index (χ3n) is 7.88. The van der Waals surface area contributed by atoms with Crippen LogP contribution in [-0.2, 0) is 30.6 Å². The third kappa shape index (κ3) is 11.9. The number of benzene rings is 2. The lowest BCUT2D eigenvalue weighted by Gasteiger charge is -2.09. The molecule has 8 rings (SSSR count). The van der Waals surface area contributed by atoms with E-state index in [1.807, 2.05) is 0 Å². The summed E-state index contributed by atoms with van der Waals surface area (Å²) >= 11 is 0. The molecule has 0 saturated carbocycles. The molecular formula is C39H29F6N7O7. The summed E-state index contributed by atoms with van der Waals surface area (Å²) in [4.78, 5) is 48.1. The Morgan fingerprint density at radius 1 is 0.661 bits per heavy atom. The van der Waals surface area contributed by atoms with Gasteiger partial charge in [-0.25, -0.2) is 34.7 Å². The largest absolute Gasteiger partial charge is 0.573 e. The number of aryl methyl sites for hydroxylation is 2. The fourth-order valence-corrected chi connectivity index (χ4v) is 5.35. The molecule has 0 radical (unpaired) electrons. The molecule has 2 aromatic carbocycles. The molecule has 6 heterocycles. The highest BCUT2D eigenvalue weighted by Crippen LogP contribution is 2.30. The normalized spacial score (nSPS) is 12.1. The molecule has 5 aromatic heterocycles. The maximum atomic E-state index is 12.3. The molecule has 7 aromatic rings. The van der Waals surface area contributed by atoms with Gasteiger partial charge in [-0.1, -0.05) is 0 Å². The highest BCUT2D eigenvalue weighted by Gasteiger charge is 2.32. The van der Waals surface area contributed by atoms with E-state index in [1.54, 1.807) is 61.2 Å². The van der Waals surface area contributed by atoms with Crippen molar-refractivity contribution < 1.29 is 54.9 Å². The number of aromatic nitrogens is 7. The van der Waals surface area contributed by atoms with E-state index in [0.29, 0.717) is 69.7 Å². The van der Waals surface area contributed by atoms with Crippen molar-refractivity contribution in [1.29, 1.82) is 0 Å². The first kappa shape index (κ1) is 41.4. The van der Waals surface area contributed by atoms with Gasteiger partial charge in [0.25, 0.3) is 0 Å². The van der Waals surface area contributed by atoms with Crippen LogP contribution in [0.2, 0.25) is 0 Å². The van der Waals surface area contributed by atoms with Gasteiger partial charge >= 0.3 is 24.5 Å². The molecule has 1 N–H and O–H groups in total. The van der Waals surface area contributed by atoms with Crippen molar-refractivity contribution in [3.05, 3.63) is 138 Å². The molecule has 1 aliphatic heterocycles. The second-order valence-corrected chi connectivity index (χ2v) is 12.0. The summed E-state index contributed by atoms with van der Waals surface area (Å²) in [6.07, 6.45) is -1.87. The number of hydrogen-bond donors (Lipinski definition) is 1. The summed E-state index contributed by atoms with van der Waals surface area (Å²) in [5.41, 5.74) is 3.36. The average molecular weight is 822 g/mol. The molecule has 0 fully saturated rings. The van der Waals surface area contributed by atoms with Crippen LogP contribution in [0.15, 0.2) is 119 Å². The van der Waals surface area contributed by atoms with Crippen LogP contribution in [0.1, 0.15) is 17.3 Å². The Hall–Kier alpha value is -7.22. The number of nitrogens with zero attached hydrogens (tertiary/aromatic N) is 7. The maximum Gasteiger partial charge on any atom is 0.573 e. The summed E-state index contributed by atoms with van der Waals surface area (Å²) < 4.78 is 92.3. The van der Waals surface area contributed by atoms with Crippen LogP contribution in [0, 0.1) is 0 Å². The van der Waals surface area contributed by atoms with E-state index < -0.39 is 18.5 Å². The first-order valence-electron chi connectivity index (χ1n) is 17.3. The number of carbonyl (C=O) groups is 1. The molecule has 0 bridgehead atoms. The van der Waals surface area contributed by atoms with Gasteiger partial charge in [0.15, 0.2) is 17.0 Å². The van der Waals surface area contributed by atoms with Crippen LogP contribution < -0.4 is 20.0 Å². The number of alkyl halides is 6. The van der Waals surface area contributed by atoms with Gasteiger partial charge < -0.3 is 23.7 Å².